The largest absolute Gasteiger partial charge is 0.352 e. The predicted molar refractivity (Wildman–Crippen MR) is 126 cm³/mol. The van der Waals surface area contributed by atoms with E-state index in [9.17, 15) is 4.79 Å². The Hall–Kier alpha value is -2.92. The molecule has 31 heavy (non-hydrogen) atoms. The minimum atomic E-state index is -0.0222. The molecule has 158 valence electrons. The molecule has 1 aliphatic carbocycles. The molecule has 0 atom stereocenters. The second-order valence-corrected chi connectivity index (χ2v) is 8.62. The first-order valence-corrected chi connectivity index (χ1v) is 11.2. The van der Waals surface area contributed by atoms with Gasteiger partial charge in [0.2, 0.25) is 5.91 Å². The molecule has 0 unspecified atom stereocenters. The quantitative estimate of drug-likeness (QED) is 0.564. The molecule has 1 aliphatic heterocycles. The van der Waals surface area contributed by atoms with Gasteiger partial charge < -0.3 is 9.80 Å². The predicted octanol–water partition coefficient (Wildman–Crippen LogP) is 4.66. The van der Waals surface area contributed by atoms with Crippen LogP contribution in [-0.4, -0.2) is 47.0 Å². The van der Waals surface area contributed by atoms with E-state index < -0.39 is 0 Å². The van der Waals surface area contributed by atoms with Crippen LogP contribution < -0.4 is 4.90 Å². The molecule has 5 rings (SSSR count). The van der Waals surface area contributed by atoms with Gasteiger partial charge in [-0.3, -0.25) is 4.79 Å². The lowest BCUT2D eigenvalue weighted by Crippen LogP contribution is -2.48. The van der Waals surface area contributed by atoms with Crippen molar-refractivity contribution in [1.82, 2.24) is 14.9 Å². The second kappa shape index (κ2) is 8.31. The highest BCUT2D eigenvalue weighted by atomic mass is 35.5. The van der Waals surface area contributed by atoms with Crippen LogP contribution in [0.1, 0.15) is 24.0 Å². The molecule has 2 heterocycles. The summed E-state index contributed by atoms with van der Waals surface area (Å²) in [5.41, 5.74) is 6.02. The summed E-state index contributed by atoms with van der Waals surface area (Å²) in [5, 5.41) is 1.67. The van der Waals surface area contributed by atoms with Crippen molar-refractivity contribution in [3.8, 4) is 11.1 Å². The molecule has 2 aliphatic rings. The fourth-order valence-corrected chi connectivity index (χ4v) is 5.09. The van der Waals surface area contributed by atoms with Gasteiger partial charge in [0.25, 0.3) is 0 Å². The van der Waals surface area contributed by atoms with Crippen LogP contribution in [0.5, 0.6) is 0 Å². The summed E-state index contributed by atoms with van der Waals surface area (Å²) in [7, 11) is 0. The van der Waals surface area contributed by atoms with Crippen LogP contribution in [0.3, 0.4) is 0 Å². The maximum atomic E-state index is 11.9. The molecule has 3 aromatic rings. The van der Waals surface area contributed by atoms with Gasteiger partial charge in [-0.2, -0.15) is 0 Å². The number of carbonyl (C=O) groups excluding carboxylic acids is 1. The molecule has 0 bridgehead atoms. The summed E-state index contributed by atoms with van der Waals surface area (Å²) in [5.74, 6) is 0.852. The summed E-state index contributed by atoms with van der Waals surface area (Å²) in [4.78, 5) is 25.0. The Labute approximate surface area is 187 Å². The van der Waals surface area contributed by atoms with Crippen LogP contribution in [0, 0.1) is 0 Å². The van der Waals surface area contributed by atoms with E-state index in [0.717, 1.165) is 53.2 Å². The summed E-state index contributed by atoms with van der Waals surface area (Å²) < 4.78 is 0. The van der Waals surface area contributed by atoms with Crippen molar-refractivity contribution in [3.05, 3.63) is 65.5 Å². The lowest BCUT2D eigenvalue weighted by molar-refractivity contribution is -0.126. The molecule has 1 amide bonds. The highest BCUT2D eigenvalue weighted by Gasteiger charge is 2.23. The number of hydrogen-bond donors (Lipinski definition) is 0. The molecule has 0 radical (unpaired) electrons. The minimum absolute atomic E-state index is 0.0222. The first-order valence-electron chi connectivity index (χ1n) is 10.9. The summed E-state index contributed by atoms with van der Waals surface area (Å²) in [6, 6.07) is 10.7. The maximum absolute atomic E-state index is 11.9. The third kappa shape index (κ3) is 3.68. The van der Waals surface area contributed by atoms with Crippen LogP contribution in [-0.2, 0) is 17.6 Å². The van der Waals surface area contributed by atoms with Gasteiger partial charge in [0.05, 0.1) is 5.52 Å². The number of benzene rings is 2. The Kier molecular flexibility index (Phi) is 5.36. The normalized spacial score (nSPS) is 16.3. The van der Waals surface area contributed by atoms with Gasteiger partial charge in [-0.25, -0.2) is 9.97 Å². The Morgan fingerprint density at radius 1 is 1.03 bits per heavy atom. The average Bonchev–Trinajstić information content (AvgIpc) is 2.82. The third-order valence-electron chi connectivity index (χ3n) is 6.45. The van der Waals surface area contributed by atoms with Gasteiger partial charge in [-0.1, -0.05) is 36.4 Å². The number of nitrogens with zero attached hydrogens (tertiary/aromatic N) is 4. The Balaban J connectivity index is 1.52. The van der Waals surface area contributed by atoms with E-state index in [-0.39, 0.29) is 5.91 Å². The molecule has 6 heteroatoms. The van der Waals surface area contributed by atoms with Crippen molar-refractivity contribution in [2.24, 2.45) is 0 Å². The lowest BCUT2D eigenvalue weighted by Gasteiger charge is -2.35. The number of carbonyl (C=O) groups is 1. The van der Waals surface area contributed by atoms with E-state index in [1.54, 1.807) is 6.33 Å². The summed E-state index contributed by atoms with van der Waals surface area (Å²) in [6.07, 6.45) is 7.71. The number of halogens is 1. The van der Waals surface area contributed by atoms with Crippen LogP contribution >= 0.6 is 11.6 Å². The third-order valence-corrected chi connectivity index (χ3v) is 6.77. The van der Waals surface area contributed by atoms with Crippen molar-refractivity contribution >= 4 is 34.2 Å². The van der Waals surface area contributed by atoms with Gasteiger partial charge in [0.15, 0.2) is 0 Å². The zero-order valence-corrected chi connectivity index (χ0v) is 18.2. The van der Waals surface area contributed by atoms with Crippen molar-refractivity contribution in [1.29, 1.82) is 0 Å². The van der Waals surface area contributed by atoms with Gasteiger partial charge in [-0.15, -0.1) is 0 Å². The number of piperazine rings is 1. The fourth-order valence-electron chi connectivity index (χ4n) is 4.82. The summed E-state index contributed by atoms with van der Waals surface area (Å²) in [6.45, 7) is 6.32. The van der Waals surface area contributed by atoms with Gasteiger partial charge in [0, 0.05) is 42.2 Å². The van der Waals surface area contributed by atoms with E-state index in [4.69, 9.17) is 11.6 Å². The van der Waals surface area contributed by atoms with Crippen LogP contribution in [0.2, 0.25) is 5.02 Å². The average molecular weight is 433 g/mol. The van der Waals surface area contributed by atoms with Gasteiger partial charge >= 0.3 is 0 Å². The number of anilines is 1. The molecule has 1 aromatic heterocycles. The number of fused-ring (bicyclic) bond motifs is 2. The molecule has 0 spiro atoms. The molecule has 0 saturated carbocycles. The fraction of sp³-hybridized carbons (Fsp3) is 0.320. The first-order chi connectivity index (χ1) is 15.2. The number of aromatic nitrogens is 2. The molecule has 0 N–H and O–H groups in total. The number of amides is 1. The smallest absolute Gasteiger partial charge is 0.246 e. The lowest BCUT2D eigenvalue weighted by atomic mass is 9.86. The van der Waals surface area contributed by atoms with E-state index in [1.165, 1.54) is 35.6 Å². The van der Waals surface area contributed by atoms with E-state index in [0.29, 0.717) is 13.1 Å². The van der Waals surface area contributed by atoms with Gasteiger partial charge in [0.1, 0.15) is 12.1 Å². The number of hydrogen-bond acceptors (Lipinski definition) is 4. The van der Waals surface area contributed by atoms with Crippen molar-refractivity contribution < 1.29 is 4.79 Å². The monoisotopic (exact) mass is 432 g/mol. The highest BCUT2D eigenvalue weighted by molar-refractivity contribution is 6.34. The zero-order chi connectivity index (χ0) is 21.4. The Morgan fingerprint density at radius 3 is 2.65 bits per heavy atom. The molecule has 1 saturated heterocycles. The molecule has 2 aromatic carbocycles. The topological polar surface area (TPSA) is 49.3 Å². The van der Waals surface area contributed by atoms with Crippen LogP contribution in [0.25, 0.3) is 22.0 Å². The SMILES string of the molecule is C=CC(=O)N1CCN(c2ncnc3cc(-c4cccc5c4CCCC5)c(Cl)cc23)CC1. The van der Waals surface area contributed by atoms with Crippen molar-refractivity contribution in [3.63, 3.8) is 0 Å². The van der Waals surface area contributed by atoms with Crippen molar-refractivity contribution in [2.75, 3.05) is 31.1 Å². The van der Waals surface area contributed by atoms with Crippen molar-refractivity contribution in [2.45, 2.75) is 25.7 Å². The minimum Gasteiger partial charge on any atom is -0.352 e. The zero-order valence-electron chi connectivity index (χ0n) is 17.5. The van der Waals surface area contributed by atoms with Gasteiger partial charge in [-0.05, 0) is 60.6 Å². The molecular formula is C25H25ClN4O. The van der Waals surface area contributed by atoms with Crippen LogP contribution in [0.4, 0.5) is 5.82 Å². The molecular weight excluding hydrogens is 408 g/mol. The van der Waals surface area contributed by atoms with E-state index >= 15 is 0 Å². The van der Waals surface area contributed by atoms with E-state index in [2.05, 4.69) is 45.7 Å². The summed E-state index contributed by atoms with van der Waals surface area (Å²) >= 11 is 6.84. The number of aryl methyl sites for hydroxylation is 1. The second-order valence-electron chi connectivity index (χ2n) is 8.21. The highest BCUT2D eigenvalue weighted by Crippen LogP contribution is 2.38. The Morgan fingerprint density at radius 2 is 1.84 bits per heavy atom. The first kappa shape index (κ1) is 20.0. The van der Waals surface area contributed by atoms with E-state index in [1.807, 2.05) is 11.0 Å². The standard InChI is InChI=1S/C25H25ClN4O/c1-2-24(31)29-10-12-30(13-11-29)25-21-14-22(26)20(15-23(21)27-16-28-25)19-9-5-7-17-6-3-4-8-18(17)19/h2,5,7,9,14-16H,1,3-4,6,8,10-13H2. The Bertz CT molecular complexity index is 1170. The maximum Gasteiger partial charge on any atom is 0.246 e. The number of rotatable bonds is 3. The van der Waals surface area contributed by atoms with Crippen LogP contribution in [0.15, 0.2) is 49.3 Å². The molecule has 5 nitrogen and oxygen atoms in total. The molecule has 1 fully saturated rings.